The Hall–Kier alpha value is -3.33. The van der Waals surface area contributed by atoms with Crippen molar-refractivity contribution in [2.24, 2.45) is 0 Å². The second kappa shape index (κ2) is 9.28. The third-order valence-electron chi connectivity index (χ3n) is 6.31. The summed E-state index contributed by atoms with van der Waals surface area (Å²) < 4.78 is 49.8. The van der Waals surface area contributed by atoms with Crippen LogP contribution >= 0.6 is 22.9 Å². The van der Waals surface area contributed by atoms with Crippen LogP contribution in [0.1, 0.15) is 18.9 Å². The Balaban J connectivity index is 1.67. The van der Waals surface area contributed by atoms with Gasteiger partial charge in [-0.05, 0) is 31.0 Å². The van der Waals surface area contributed by atoms with E-state index >= 15 is 4.39 Å². The van der Waals surface area contributed by atoms with Gasteiger partial charge in [-0.1, -0.05) is 17.7 Å². The highest BCUT2D eigenvalue weighted by molar-refractivity contribution is 7.23. The first kappa shape index (κ1) is 24.4. The smallest absolute Gasteiger partial charge is 0.318 e. The third kappa shape index (κ3) is 3.95. The van der Waals surface area contributed by atoms with Crippen LogP contribution in [0.3, 0.4) is 0 Å². The standard InChI is InChI=1S/C24H20ClF3N6OS/c1-9-16(27)5-10(32-9)8-31-23-12-6-14(25)18(19(28)20(12)33-24(34-23)35-2)11-3-4-15(26)21-17(11)13(7-29)22(30)36-21/h3-4,6,9-10,16,32H,5,8,30H2,1-2H3,(H,31,33,34). The topological polar surface area (TPSA) is 109 Å². The number of anilines is 2. The highest BCUT2D eigenvalue weighted by Gasteiger charge is 2.30. The van der Waals surface area contributed by atoms with Crippen LogP contribution in [-0.4, -0.2) is 41.9 Å². The van der Waals surface area contributed by atoms with E-state index in [-0.39, 0.29) is 71.6 Å². The molecule has 0 saturated carbocycles. The number of fused-ring (bicyclic) bond motifs is 2. The van der Waals surface area contributed by atoms with Gasteiger partial charge in [0.05, 0.1) is 22.4 Å². The SMILES string of the molecule is COc1nc(NCC2CC(F)C(C)N2)c2cc(Cl)c(-c3ccc(F)c4sc(N)c(C#N)c34)c(F)c2n1. The number of nitrogens with one attached hydrogen (secondary N) is 2. The van der Waals surface area contributed by atoms with Crippen LogP contribution in [0.5, 0.6) is 6.01 Å². The Labute approximate surface area is 213 Å². The van der Waals surface area contributed by atoms with E-state index in [0.29, 0.717) is 13.0 Å². The molecular formula is C24H20ClF3N6OS. The number of nitrogens with two attached hydrogens (primary N) is 1. The summed E-state index contributed by atoms with van der Waals surface area (Å²) in [6, 6.07) is 5.51. The molecule has 5 rings (SSSR count). The summed E-state index contributed by atoms with van der Waals surface area (Å²) in [5.41, 5.74) is 6.06. The first-order valence-corrected chi connectivity index (χ1v) is 12.2. The molecule has 12 heteroatoms. The van der Waals surface area contributed by atoms with Gasteiger partial charge in [0.1, 0.15) is 34.4 Å². The van der Waals surface area contributed by atoms with Crippen LogP contribution in [-0.2, 0) is 0 Å². The minimum atomic E-state index is -0.958. The molecule has 1 fully saturated rings. The fourth-order valence-electron chi connectivity index (χ4n) is 4.54. The quantitative estimate of drug-likeness (QED) is 0.315. The van der Waals surface area contributed by atoms with E-state index in [1.807, 2.05) is 6.07 Å². The van der Waals surface area contributed by atoms with Crippen molar-refractivity contribution in [1.29, 1.82) is 5.26 Å². The molecule has 1 aliphatic rings. The first-order valence-electron chi connectivity index (χ1n) is 11.0. The van der Waals surface area contributed by atoms with Gasteiger partial charge in [-0.3, -0.25) is 0 Å². The number of rotatable bonds is 5. The van der Waals surface area contributed by atoms with Gasteiger partial charge in [-0.2, -0.15) is 15.2 Å². The summed E-state index contributed by atoms with van der Waals surface area (Å²) >= 11 is 7.48. The number of benzene rings is 2. The number of hydrogen-bond donors (Lipinski definition) is 3. The molecule has 4 aromatic rings. The van der Waals surface area contributed by atoms with E-state index in [1.54, 1.807) is 6.92 Å². The fourth-order valence-corrected chi connectivity index (χ4v) is 5.78. The van der Waals surface area contributed by atoms with E-state index in [2.05, 4.69) is 20.6 Å². The number of methoxy groups -OCH3 is 1. The van der Waals surface area contributed by atoms with E-state index < -0.39 is 17.8 Å². The molecule has 2 aromatic heterocycles. The van der Waals surface area contributed by atoms with Gasteiger partial charge in [0, 0.05) is 35.0 Å². The second-order valence-electron chi connectivity index (χ2n) is 8.54. The molecule has 0 aliphatic carbocycles. The number of nitrogen functional groups attached to an aromatic ring is 1. The molecule has 186 valence electrons. The van der Waals surface area contributed by atoms with Crippen LogP contribution in [0.25, 0.3) is 32.1 Å². The molecule has 4 N–H and O–H groups in total. The van der Waals surface area contributed by atoms with Crippen molar-refractivity contribution in [1.82, 2.24) is 15.3 Å². The van der Waals surface area contributed by atoms with Crippen LogP contribution < -0.4 is 21.1 Å². The zero-order valence-corrected chi connectivity index (χ0v) is 20.7. The number of nitrogens with zero attached hydrogens (tertiary/aromatic N) is 3. The van der Waals surface area contributed by atoms with E-state index in [4.69, 9.17) is 22.1 Å². The van der Waals surface area contributed by atoms with Crippen molar-refractivity contribution in [3.05, 3.63) is 40.4 Å². The van der Waals surface area contributed by atoms with Crippen molar-refractivity contribution in [3.8, 4) is 23.2 Å². The molecule has 3 atom stereocenters. The molecule has 0 bridgehead atoms. The van der Waals surface area contributed by atoms with Crippen LogP contribution in [0.4, 0.5) is 24.0 Å². The van der Waals surface area contributed by atoms with E-state index in [9.17, 15) is 14.0 Å². The van der Waals surface area contributed by atoms with Crippen molar-refractivity contribution < 1.29 is 17.9 Å². The van der Waals surface area contributed by atoms with E-state index in [0.717, 1.165) is 11.3 Å². The average molecular weight is 533 g/mol. The molecule has 3 unspecified atom stereocenters. The fraction of sp³-hybridized carbons (Fsp3) is 0.292. The number of thiophene rings is 1. The van der Waals surface area contributed by atoms with Crippen molar-refractivity contribution >= 4 is 54.7 Å². The monoisotopic (exact) mass is 532 g/mol. The minimum Gasteiger partial charge on any atom is -0.467 e. The maximum atomic E-state index is 16.1. The summed E-state index contributed by atoms with van der Waals surface area (Å²) in [4.78, 5) is 8.48. The predicted octanol–water partition coefficient (Wildman–Crippen LogP) is 5.41. The molecule has 7 nitrogen and oxygen atoms in total. The summed E-state index contributed by atoms with van der Waals surface area (Å²) in [7, 11) is 1.35. The summed E-state index contributed by atoms with van der Waals surface area (Å²) in [6.45, 7) is 2.11. The molecular weight excluding hydrogens is 513 g/mol. The second-order valence-corrected chi connectivity index (χ2v) is 10.00. The number of nitriles is 1. The highest BCUT2D eigenvalue weighted by atomic mass is 35.5. The molecule has 0 amide bonds. The number of hydrogen-bond acceptors (Lipinski definition) is 8. The van der Waals surface area contributed by atoms with Crippen LogP contribution in [0, 0.1) is 23.0 Å². The summed E-state index contributed by atoms with van der Waals surface area (Å²) in [5, 5.41) is 16.5. The molecule has 0 radical (unpaired) electrons. The largest absolute Gasteiger partial charge is 0.467 e. The van der Waals surface area contributed by atoms with Gasteiger partial charge in [-0.25, -0.2) is 13.2 Å². The van der Waals surface area contributed by atoms with Gasteiger partial charge in [-0.15, -0.1) is 11.3 Å². The van der Waals surface area contributed by atoms with Gasteiger partial charge in [0.2, 0.25) is 0 Å². The predicted molar refractivity (Wildman–Crippen MR) is 135 cm³/mol. The van der Waals surface area contributed by atoms with Gasteiger partial charge >= 0.3 is 6.01 Å². The number of ether oxygens (including phenoxy) is 1. The lowest BCUT2D eigenvalue weighted by molar-refractivity contribution is 0.312. The molecule has 2 aromatic carbocycles. The van der Waals surface area contributed by atoms with Gasteiger partial charge in [0.25, 0.3) is 0 Å². The van der Waals surface area contributed by atoms with E-state index in [1.165, 1.54) is 25.3 Å². The Bertz CT molecular complexity index is 1550. The number of halogens is 4. The van der Waals surface area contributed by atoms with Crippen LogP contribution in [0.15, 0.2) is 18.2 Å². The maximum Gasteiger partial charge on any atom is 0.318 e. The Morgan fingerprint density at radius 3 is 2.81 bits per heavy atom. The number of aromatic nitrogens is 2. The Morgan fingerprint density at radius 1 is 1.36 bits per heavy atom. The summed E-state index contributed by atoms with van der Waals surface area (Å²) in [5.74, 6) is -1.10. The lowest BCUT2D eigenvalue weighted by Gasteiger charge is -2.16. The minimum absolute atomic E-state index is 0.00909. The third-order valence-corrected chi connectivity index (χ3v) is 7.64. The van der Waals surface area contributed by atoms with Gasteiger partial charge in [0.15, 0.2) is 5.82 Å². The molecule has 1 aliphatic heterocycles. The first-order chi connectivity index (χ1) is 17.2. The van der Waals surface area contributed by atoms with Gasteiger partial charge < -0.3 is 21.1 Å². The van der Waals surface area contributed by atoms with Crippen molar-refractivity contribution in [3.63, 3.8) is 0 Å². The maximum absolute atomic E-state index is 16.1. The molecule has 3 heterocycles. The van der Waals surface area contributed by atoms with Crippen LogP contribution in [0.2, 0.25) is 5.02 Å². The average Bonchev–Trinajstić information content (AvgIpc) is 3.37. The molecule has 0 spiro atoms. The highest BCUT2D eigenvalue weighted by Crippen LogP contribution is 2.45. The Morgan fingerprint density at radius 2 is 2.14 bits per heavy atom. The molecule has 1 saturated heterocycles. The van der Waals surface area contributed by atoms with Crippen molar-refractivity contribution in [2.45, 2.75) is 31.6 Å². The normalized spacial score (nSPS) is 19.6. The Kier molecular flexibility index (Phi) is 6.28. The summed E-state index contributed by atoms with van der Waals surface area (Å²) in [6.07, 6.45) is -0.626. The lowest BCUT2D eigenvalue weighted by atomic mass is 9.97. The zero-order valence-electron chi connectivity index (χ0n) is 19.1. The molecule has 36 heavy (non-hydrogen) atoms. The number of alkyl halides is 1. The lowest BCUT2D eigenvalue weighted by Crippen LogP contribution is -2.34. The van der Waals surface area contributed by atoms with Crippen molar-refractivity contribution in [2.75, 3.05) is 24.7 Å². The zero-order chi connectivity index (χ0) is 25.7.